The third kappa shape index (κ3) is 3.61. The maximum atomic E-state index is 13.6. The van der Waals surface area contributed by atoms with Gasteiger partial charge in [-0.3, -0.25) is 4.98 Å². The van der Waals surface area contributed by atoms with Gasteiger partial charge in [0, 0.05) is 17.6 Å². The maximum absolute atomic E-state index is 13.6. The van der Waals surface area contributed by atoms with Crippen LogP contribution in [0.3, 0.4) is 0 Å². The van der Waals surface area contributed by atoms with Gasteiger partial charge in [0.25, 0.3) is 0 Å². The summed E-state index contributed by atoms with van der Waals surface area (Å²) < 4.78 is 13.6. The minimum atomic E-state index is -0.199. The molecule has 3 rings (SSSR count). The van der Waals surface area contributed by atoms with E-state index in [9.17, 15) is 4.39 Å². The molecule has 1 aromatic carbocycles. The third-order valence-corrected chi connectivity index (χ3v) is 5.14. The Morgan fingerprint density at radius 1 is 1.30 bits per heavy atom. The average molecular weight is 331 g/mol. The van der Waals surface area contributed by atoms with E-state index in [1.54, 1.807) is 12.1 Å². The Morgan fingerprint density at radius 2 is 2.04 bits per heavy atom. The van der Waals surface area contributed by atoms with Crippen molar-refractivity contribution in [2.75, 3.05) is 0 Å². The monoisotopic (exact) mass is 331 g/mol. The smallest absolute Gasteiger partial charge is 0.163 e. The topological polar surface area (TPSA) is 50.9 Å². The molecule has 3 N–H and O–H groups in total. The normalized spacial score (nSPS) is 22.7. The molecule has 0 bridgehead atoms. The van der Waals surface area contributed by atoms with Gasteiger partial charge in [-0.25, -0.2) is 4.39 Å². The van der Waals surface area contributed by atoms with E-state index in [1.165, 1.54) is 11.6 Å². The van der Waals surface area contributed by atoms with Crippen molar-refractivity contribution in [3.05, 3.63) is 41.8 Å². The van der Waals surface area contributed by atoms with E-state index in [0.29, 0.717) is 23.0 Å². The van der Waals surface area contributed by atoms with Gasteiger partial charge < -0.3 is 11.1 Å². The van der Waals surface area contributed by atoms with Gasteiger partial charge in [-0.1, -0.05) is 0 Å². The molecule has 23 heavy (non-hydrogen) atoms. The molecule has 122 valence electrons. The summed E-state index contributed by atoms with van der Waals surface area (Å²) in [6.45, 7) is 2.14. The molecule has 3 nitrogen and oxygen atoms in total. The van der Waals surface area contributed by atoms with Gasteiger partial charge in [-0.05, 0) is 86.5 Å². The Labute approximate surface area is 141 Å². The minimum absolute atomic E-state index is 0.199. The van der Waals surface area contributed by atoms with E-state index in [-0.39, 0.29) is 5.82 Å². The first-order valence-corrected chi connectivity index (χ1v) is 8.55. The average Bonchev–Trinajstić information content (AvgIpc) is 2.54. The standard InChI is InChI=1S/C18H22FN3S/c1-11(22-18(20)23)12-2-4-13(5-3-12)15-8-9-21-17-7-6-14(19)10-16(15)17/h6-13H,2-5H2,1H3,(H3,20,22,23)/t11-,12?,13?/m1/s1. The van der Waals surface area contributed by atoms with Crippen LogP contribution in [0.15, 0.2) is 30.5 Å². The molecule has 1 aliphatic carbocycles. The SMILES string of the molecule is C[C@@H](NC(N)=S)C1CCC(c2ccnc3ccc(F)cc23)CC1. The van der Waals surface area contributed by atoms with Crippen molar-refractivity contribution in [2.24, 2.45) is 11.7 Å². The summed E-state index contributed by atoms with van der Waals surface area (Å²) in [5, 5.41) is 4.47. The lowest BCUT2D eigenvalue weighted by atomic mass is 9.75. The predicted octanol–water partition coefficient (Wildman–Crippen LogP) is 3.87. The van der Waals surface area contributed by atoms with Gasteiger partial charge in [0.05, 0.1) is 5.52 Å². The quantitative estimate of drug-likeness (QED) is 0.838. The Morgan fingerprint density at radius 3 is 2.74 bits per heavy atom. The number of fused-ring (bicyclic) bond motifs is 1. The van der Waals surface area contributed by atoms with Gasteiger partial charge >= 0.3 is 0 Å². The summed E-state index contributed by atoms with van der Waals surface area (Å²) in [5.74, 6) is 0.850. The number of pyridine rings is 1. The summed E-state index contributed by atoms with van der Waals surface area (Å²) in [7, 11) is 0. The molecule has 0 spiro atoms. The lowest BCUT2D eigenvalue weighted by Gasteiger charge is -2.33. The van der Waals surface area contributed by atoms with Crippen molar-refractivity contribution in [1.29, 1.82) is 0 Å². The second kappa shape index (κ2) is 6.79. The van der Waals surface area contributed by atoms with Crippen molar-refractivity contribution in [2.45, 2.75) is 44.6 Å². The van der Waals surface area contributed by atoms with Crippen molar-refractivity contribution < 1.29 is 4.39 Å². The number of hydrogen-bond donors (Lipinski definition) is 2. The van der Waals surface area contributed by atoms with Crippen LogP contribution in [-0.2, 0) is 0 Å². The first-order chi connectivity index (χ1) is 11.0. The molecule has 1 aliphatic rings. The Kier molecular flexibility index (Phi) is 4.76. The molecular weight excluding hydrogens is 309 g/mol. The van der Waals surface area contributed by atoms with E-state index in [0.717, 1.165) is 36.6 Å². The van der Waals surface area contributed by atoms with Crippen LogP contribution in [0.2, 0.25) is 0 Å². The number of benzene rings is 1. The van der Waals surface area contributed by atoms with E-state index in [4.69, 9.17) is 18.0 Å². The van der Waals surface area contributed by atoms with Gasteiger partial charge in [-0.2, -0.15) is 0 Å². The molecular formula is C18H22FN3S. The molecule has 1 saturated carbocycles. The second-order valence-corrected chi connectivity index (χ2v) is 6.91. The van der Waals surface area contributed by atoms with Crippen LogP contribution in [-0.4, -0.2) is 16.1 Å². The van der Waals surface area contributed by atoms with Gasteiger partial charge in [0.1, 0.15) is 5.82 Å². The molecule has 0 amide bonds. The largest absolute Gasteiger partial charge is 0.376 e. The van der Waals surface area contributed by atoms with Gasteiger partial charge in [-0.15, -0.1) is 0 Å². The number of halogens is 1. The number of rotatable bonds is 3. The molecule has 0 saturated heterocycles. The summed E-state index contributed by atoms with van der Waals surface area (Å²) >= 11 is 4.93. The fourth-order valence-electron chi connectivity index (χ4n) is 3.77. The zero-order chi connectivity index (χ0) is 16.4. The van der Waals surface area contributed by atoms with Crippen molar-refractivity contribution in [3.8, 4) is 0 Å². The van der Waals surface area contributed by atoms with Crippen LogP contribution in [0.5, 0.6) is 0 Å². The van der Waals surface area contributed by atoms with Crippen LogP contribution >= 0.6 is 12.2 Å². The van der Waals surface area contributed by atoms with Gasteiger partial charge in [0.2, 0.25) is 0 Å². The first-order valence-electron chi connectivity index (χ1n) is 8.14. The summed E-state index contributed by atoms with van der Waals surface area (Å²) in [5.41, 5.74) is 7.67. The third-order valence-electron chi connectivity index (χ3n) is 5.03. The molecule has 1 aromatic heterocycles. The highest BCUT2D eigenvalue weighted by atomic mass is 32.1. The molecule has 5 heteroatoms. The Bertz CT molecular complexity index is 710. The highest BCUT2D eigenvalue weighted by molar-refractivity contribution is 7.80. The summed E-state index contributed by atoms with van der Waals surface area (Å²) in [6.07, 6.45) is 6.28. The second-order valence-electron chi connectivity index (χ2n) is 6.47. The van der Waals surface area contributed by atoms with E-state index < -0.39 is 0 Å². The van der Waals surface area contributed by atoms with Crippen molar-refractivity contribution in [3.63, 3.8) is 0 Å². The molecule has 1 atom stereocenters. The summed E-state index contributed by atoms with van der Waals surface area (Å²) in [4.78, 5) is 4.35. The van der Waals surface area contributed by atoms with Crippen LogP contribution in [0.4, 0.5) is 4.39 Å². The molecule has 1 heterocycles. The van der Waals surface area contributed by atoms with Gasteiger partial charge in [0.15, 0.2) is 5.11 Å². The lowest BCUT2D eigenvalue weighted by molar-refractivity contribution is 0.280. The highest BCUT2D eigenvalue weighted by Crippen LogP contribution is 2.39. The highest BCUT2D eigenvalue weighted by Gasteiger charge is 2.27. The van der Waals surface area contributed by atoms with Crippen LogP contribution in [0, 0.1) is 11.7 Å². The van der Waals surface area contributed by atoms with E-state index in [1.807, 2.05) is 12.3 Å². The molecule has 0 unspecified atom stereocenters. The van der Waals surface area contributed by atoms with Crippen LogP contribution in [0.25, 0.3) is 10.9 Å². The zero-order valence-electron chi connectivity index (χ0n) is 13.3. The minimum Gasteiger partial charge on any atom is -0.376 e. The molecule has 2 aromatic rings. The van der Waals surface area contributed by atoms with Crippen LogP contribution in [0.1, 0.15) is 44.1 Å². The number of nitrogens with two attached hydrogens (primary N) is 1. The molecule has 0 radical (unpaired) electrons. The predicted molar refractivity (Wildman–Crippen MR) is 95.8 cm³/mol. The number of thiocarbonyl (C=S) groups is 1. The Hall–Kier alpha value is -1.75. The van der Waals surface area contributed by atoms with Crippen molar-refractivity contribution >= 4 is 28.2 Å². The maximum Gasteiger partial charge on any atom is 0.163 e. The first kappa shape index (κ1) is 16.1. The number of nitrogens with one attached hydrogen (secondary N) is 1. The number of aromatic nitrogens is 1. The molecule has 1 fully saturated rings. The fourth-order valence-corrected chi connectivity index (χ4v) is 3.95. The zero-order valence-corrected chi connectivity index (χ0v) is 14.1. The summed E-state index contributed by atoms with van der Waals surface area (Å²) in [6, 6.07) is 7.19. The number of hydrogen-bond acceptors (Lipinski definition) is 2. The fraction of sp³-hybridized carbons (Fsp3) is 0.444. The lowest BCUT2D eigenvalue weighted by Crippen LogP contribution is -2.42. The van der Waals surface area contributed by atoms with E-state index in [2.05, 4.69) is 17.2 Å². The number of nitrogens with zero attached hydrogens (tertiary/aromatic N) is 1. The van der Waals surface area contributed by atoms with E-state index >= 15 is 0 Å². The Balaban J connectivity index is 1.75. The molecule has 0 aliphatic heterocycles. The van der Waals surface area contributed by atoms with Crippen molar-refractivity contribution in [1.82, 2.24) is 10.3 Å². The van der Waals surface area contributed by atoms with Crippen LogP contribution < -0.4 is 11.1 Å².